The summed E-state index contributed by atoms with van der Waals surface area (Å²) in [7, 11) is 0. The molecule has 0 saturated carbocycles. The lowest BCUT2D eigenvalue weighted by Gasteiger charge is -2.28. The average molecular weight is 357 g/mol. The Bertz CT molecular complexity index is 833. The number of anilines is 2. The van der Waals surface area contributed by atoms with E-state index >= 15 is 0 Å². The Balaban J connectivity index is 1.47. The molecule has 2 heterocycles. The number of aromatic nitrogens is 1. The molecule has 2 aliphatic rings. The summed E-state index contributed by atoms with van der Waals surface area (Å²) in [5.41, 5.74) is 1.73. The fraction of sp³-hybridized carbons (Fsp3) is 0.389. The number of carbonyl (C=O) groups excluding carboxylic acids is 2. The molecule has 1 aliphatic carbocycles. The minimum Gasteiger partial charge on any atom is -0.482 e. The van der Waals surface area contributed by atoms with Crippen molar-refractivity contribution in [3.8, 4) is 5.75 Å². The summed E-state index contributed by atoms with van der Waals surface area (Å²) in [6.45, 7) is 2.15. The minimum atomic E-state index is -0.246. The quantitative estimate of drug-likeness (QED) is 0.917. The second kappa shape index (κ2) is 6.48. The Kier molecular flexibility index (Phi) is 4.17. The highest BCUT2D eigenvalue weighted by Gasteiger charge is 2.27. The van der Waals surface area contributed by atoms with Gasteiger partial charge in [-0.25, -0.2) is 4.98 Å². The Labute approximate surface area is 149 Å². The Morgan fingerprint density at radius 3 is 3.16 bits per heavy atom. The third-order valence-electron chi connectivity index (χ3n) is 4.54. The van der Waals surface area contributed by atoms with Gasteiger partial charge in [0.1, 0.15) is 12.3 Å². The van der Waals surface area contributed by atoms with Crippen LogP contribution in [-0.2, 0) is 22.4 Å². The zero-order valence-corrected chi connectivity index (χ0v) is 14.8. The van der Waals surface area contributed by atoms with E-state index in [1.54, 1.807) is 23.5 Å². The van der Waals surface area contributed by atoms with Gasteiger partial charge in [-0.3, -0.25) is 14.5 Å². The van der Waals surface area contributed by atoms with Crippen molar-refractivity contribution in [2.45, 2.75) is 26.2 Å². The summed E-state index contributed by atoms with van der Waals surface area (Å²) in [5, 5.41) is 3.47. The number of hydrogen-bond donors (Lipinski definition) is 1. The molecular weight excluding hydrogens is 338 g/mol. The highest BCUT2D eigenvalue weighted by Crippen LogP contribution is 2.33. The molecule has 0 spiro atoms. The van der Waals surface area contributed by atoms with Crippen LogP contribution < -0.4 is 15.0 Å². The average Bonchev–Trinajstić information content (AvgIpc) is 2.98. The Morgan fingerprint density at radius 2 is 2.28 bits per heavy atom. The predicted octanol–water partition coefficient (Wildman–Crippen LogP) is 2.63. The highest BCUT2D eigenvalue weighted by molar-refractivity contribution is 7.15. The molecule has 7 heteroatoms. The molecule has 0 saturated heterocycles. The number of thiazole rings is 1. The van der Waals surface area contributed by atoms with E-state index in [4.69, 9.17) is 4.74 Å². The van der Waals surface area contributed by atoms with Crippen molar-refractivity contribution in [3.63, 3.8) is 0 Å². The van der Waals surface area contributed by atoms with E-state index in [2.05, 4.69) is 17.2 Å². The SMILES string of the molecule is C[C@H]1CCc2nc(NC(=O)CN3C(=O)COc4ccccc43)sc2C1. The molecular formula is C18H19N3O3S. The molecule has 1 N–H and O–H groups in total. The van der Waals surface area contributed by atoms with Gasteiger partial charge in [0.25, 0.3) is 5.91 Å². The molecule has 130 valence electrons. The summed E-state index contributed by atoms with van der Waals surface area (Å²) in [6, 6.07) is 7.24. The Morgan fingerprint density at radius 1 is 1.44 bits per heavy atom. The lowest BCUT2D eigenvalue weighted by atomic mass is 9.93. The van der Waals surface area contributed by atoms with Crippen molar-refractivity contribution < 1.29 is 14.3 Å². The van der Waals surface area contributed by atoms with E-state index in [-0.39, 0.29) is 25.0 Å². The fourth-order valence-electron chi connectivity index (χ4n) is 3.22. The van der Waals surface area contributed by atoms with E-state index in [1.165, 1.54) is 9.78 Å². The van der Waals surface area contributed by atoms with Gasteiger partial charge in [0.2, 0.25) is 5.91 Å². The van der Waals surface area contributed by atoms with Crippen LogP contribution in [0.1, 0.15) is 23.9 Å². The third kappa shape index (κ3) is 3.24. The standard InChI is InChI=1S/C18H19N3O3S/c1-11-6-7-12-15(8-11)25-18(19-12)20-16(22)9-21-13-4-2-3-5-14(13)24-10-17(21)23/h2-5,11H,6-10H2,1H3,(H,19,20,22)/t11-/m0/s1. The predicted molar refractivity (Wildman–Crippen MR) is 96.2 cm³/mol. The van der Waals surface area contributed by atoms with E-state index in [0.29, 0.717) is 22.5 Å². The summed E-state index contributed by atoms with van der Waals surface area (Å²) in [4.78, 5) is 31.8. The molecule has 1 aromatic heterocycles. The van der Waals surface area contributed by atoms with Crippen molar-refractivity contribution >= 4 is 34.0 Å². The number of carbonyl (C=O) groups is 2. The van der Waals surface area contributed by atoms with E-state index < -0.39 is 0 Å². The number of para-hydroxylation sites is 2. The van der Waals surface area contributed by atoms with Crippen LogP contribution in [0.25, 0.3) is 0 Å². The molecule has 0 bridgehead atoms. The molecule has 0 unspecified atom stereocenters. The first-order chi connectivity index (χ1) is 12.1. The second-order valence-electron chi connectivity index (χ2n) is 6.52. The largest absolute Gasteiger partial charge is 0.482 e. The third-order valence-corrected chi connectivity index (χ3v) is 5.58. The fourth-order valence-corrected chi connectivity index (χ4v) is 4.41. The van der Waals surface area contributed by atoms with Crippen LogP contribution in [0.2, 0.25) is 0 Å². The van der Waals surface area contributed by atoms with Crippen LogP contribution in [-0.4, -0.2) is 29.9 Å². The highest BCUT2D eigenvalue weighted by atomic mass is 32.1. The normalized spacial score (nSPS) is 19.0. The Hall–Kier alpha value is -2.41. The van der Waals surface area contributed by atoms with Gasteiger partial charge in [0.05, 0.1) is 11.4 Å². The molecule has 1 atom stereocenters. The first kappa shape index (κ1) is 16.1. The van der Waals surface area contributed by atoms with E-state index in [0.717, 1.165) is 25.0 Å². The first-order valence-corrected chi connectivity index (χ1v) is 9.22. The monoisotopic (exact) mass is 357 g/mol. The van der Waals surface area contributed by atoms with Crippen molar-refractivity contribution in [1.82, 2.24) is 4.98 Å². The van der Waals surface area contributed by atoms with Crippen molar-refractivity contribution in [2.75, 3.05) is 23.4 Å². The molecule has 0 radical (unpaired) electrons. The summed E-state index contributed by atoms with van der Waals surface area (Å²) < 4.78 is 5.40. The smallest absolute Gasteiger partial charge is 0.265 e. The maximum Gasteiger partial charge on any atom is 0.265 e. The van der Waals surface area contributed by atoms with Gasteiger partial charge in [-0.05, 0) is 37.3 Å². The van der Waals surface area contributed by atoms with Crippen LogP contribution in [0.4, 0.5) is 10.8 Å². The molecule has 0 fully saturated rings. The van der Waals surface area contributed by atoms with Gasteiger partial charge in [0.15, 0.2) is 11.7 Å². The van der Waals surface area contributed by atoms with E-state index in [9.17, 15) is 9.59 Å². The second-order valence-corrected chi connectivity index (χ2v) is 7.60. The van der Waals surface area contributed by atoms with E-state index in [1.807, 2.05) is 12.1 Å². The molecule has 2 amide bonds. The number of fused-ring (bicyclic) bond motifs is 2. The number of amides is 2. The number of rotatable bonds is 3. The van der Waals surface area contributed by atoms with Crippen molar-refractivity contribution in [2.24, 2.45) is 5.92 Å². The van der Waals surface area contributed by atoms with Crippen LogP contribution >= 0.6 is 11.3 Å². The molecule has 1 aromatic carbocycles. The molecule has 4 rings (SSSR count). The zero-order chi connectivity index (χ0) is 17.4. The maximum absolute atomic E-state index is 12.4. The number of benzene rings is 1. The van der Waals surface area contributed by atoms with Gasteiger partial charge in [-0.15, -0.1) is 11.3 Å². The zero-order valence-electron chi connectivity index (χ0n) is 13.9. The molecule has 6 nitrogen and oxygen atoms in total. The molecule has 25 heavy (non-hydrogen) atoms. The maximum atomic E-state index is 12.4. The molecule has 1 aliphatic heterocycles. The van der Waals surface area contributed by atoms with Crippen LogP contribution in [0, 0.1) is 5.92 Å². The van der Waals surface area contributed by atoms with Crippen LogP contribution in [0.3, 0.4) is 0 Å². The van der Waals surface area contributed by atoms with Crippen molar-refractivity contribution in [1.29, 1.82) is 0 Å². The van der Waals surface area contributed by atoms with Gasteiger partial charge < -0.3 is 10.1 Å². The number of hydrogen-bond acceptors (Lipinski definition) is 5. The van der Waals surface area contributed by atoms with Crippen LogP contribution in [0.5, 0.6) is 5.75 Å². The minimum absolute atomic E-state index is 0.0418. The van der Waals surface area contributed by atoms with Gasteiger partial charge in [-0.2, -0.15) is 0 Å². The molecule has 2 aromatic rings. The van der Waals surface area contributed by atoms with Crippen LogP contribution in [0.15, 0.2) is 24.3 Å². The summed E-state index contributed by atoms with van der Waals surface area (Å²) >= 11 is 1.54. The summed E-state index contributed by atoms with van der Waals surface area (Å²) in [6.07, 6.45) is 3.14. The summed E-state index contributed by atoms with van der Waals surface area (Å²) in [5.74, 6) is 0.817. The van der Waals surface area contributed by atoms with Gasteiger partial charge in [0, 0.05) is 4.88 Å². The number of ether oxygens (including phenoxy) is 1. The van der Waals surface area contributed by atoms with Gasteiger partial charge >= 0.3 is 0 Å². The number of nitrogens with zero attached hydrogens (tertiary/aromatic N) is 2. The topological polar surface area (TPSA) is 71.5 Å². The first-order valence-electron chi connectivity index (χ1n) is 8.41. The van der Waals surface area contributed by atoms with Gasteiger partial charge in [-0.1, -0.05) is 19.1 Å². The lowest BCUT2D eigenvalue weighted by molar-refractivity contribution is -0.123. The lowest BCUT2D eigenvalue weighted by Crippen LogP contribution is -2.43. The number of aryl methyl sites for hydroxylation is 1. The number of nitrogens with one attached hydrogen (secondary N) is 1. The van der Waals surface area contributed by atoms with Crippen molar-refractivity contribution in [3.05, 3.63) is 34.8 Å².